The number of benzene rings is 1. The second-order valence-electron chi connectivity index (χ2n) is 4.86. The Kier molecular flexibility index (Phi) is 6.63. The van der Waals surface area contributed by atoms with Crippen LogP contribution in [0.2, 0.25) is 10.0 Å². The number of rotatable bonds is 6. The van der Waals surface area contributed by atoms with Gasteiger partial charge >= 0.3 is 6.03 Å². The van der Waals surface area contributed by atoms with E-state index in [1.807, 2.05) is 0 Å². The second-order valence-corrected chi connectivity index (χ2v) is 5.68. The number of anilines is 4. The van der Waals surface area contributed by atoms with E-state index in [0.717, 1.165) is 0 Å². The molecule has 0 radical (unpaired) electrons. The molecule has 4 N–H and O–H groups in total. The van der Waals surface area contributed by atoms with Gasteiger partial charge in [-0.2, -0.15) is 4.98 Å². The Morgan fingerprint density at radius 3 is 2.64 bits per heavy atom. The maximum absolute atomic E-state index is 12.0. The SMILES string of the molecule is CNC(=O)N(CCO)c1cnc(Nc2ccc(Cl)c(Cl)c2)nc1NC. The van der Waals surface area contributed by atoms with Gasteiger partial charge in [0.2, 0.25) is 5.95 Å². The number of halogens is 2. The van der Waals surface area contributed by atoms with Crippen molar-refractivity contribution in [2.24, 2.45) is 0 Å². The molecule has 2 amide bonds. The summed E-state index contributed by atoms with van der Waals surface area (Å²) in [6.45, 7) is -0.0862. The Balaban J connectivity index is 2.31. The van der Waals surface area contributed by atoms with Crippen LogP contribution in [0.1, 0.15) is 0 Å². The highest BCUT2D eigenvalue weighted by Crippen LogP contribution is 2.28. The van der Waals surface area contributed by atoms with Crippen LogP contribution in [0.3, 0.4) is 0 Å². The van der Waals surface area contributed by atoms with E-state index in [9.17, 15) is 9.90 Å². The Hall–Kier alpha value is -2.29. The molecule has 134 valence electrons. The van der Waals surface area contributed by atoms with Gasteiger partial charge in [-0.3, -0.25) is 4.90 Å². The number of aliphatic hydroxyl groups is 1. The molecule has 0 fully saturated rings. The molecule has 25 heavy (non-hydrogen) atoms. The van der Waals surface area contributed by atoms with E-state index in [0.29, 0.717) is 33.2 Å². The number of hydrogen-bond acceptors (Lipinski definition) is 6. The third-order valence-electron chi connectivity index (χ3n) is 3.26. The van der Waals surface area contributed by atoms with Crippen molar-refractivity contribution >= 4 is 52.4 Å². The number of carbonyl (C=O) groups excluding carboxylic acids is 1. The average molecular weight is 385 g/mol. The molecule has 0 aliphatic carbocycles. The van der Waals surface area contributed by atoms with Gasteiger partial charge in [0.25, 0.3) is 0 Å². The van der Waals surface area contributed by atoms with Crippen LogP contribution in [0.5, 0.6) is 0 Å². The van der Waals surface area contributed by atoms with Gasteiger partial charge in [-0.05, 0) is 18.2 Å². The van der Waals surface area contributed by atoms with Crippen LogP contribution in [-0.4, -0.2) is 48.4 Å². The number of urea groups is 1. The molecular formula is C15H18Cl2N6O2. The molecule has 8 nitrogen and oxygen atoms in total. The molecule has 0 atom stereocenters. The number of nitrogens with one attached hydrogen (secondary N) is 3. The summed E-state index contributed by atoms with van der Waals surface area (Å²) in [6.07, 6.45) is 1.49. The third kappa shape index (κ3) is 4.62. The van der Waals surface area contributed by atoms with E-state index < -0.39 is 0 Å². The zero-order valence-corrected chi connectivity index (χ0v) is 15.2. The lowest BCUT2D eigenvalue weighted by atomic mass is 10.3. The second kappa shape index (κ2) is 8.70. The van der Waals surface area contributed by atoms with E-state index in [1.54, 1.807) is 25.2 Å². The fourth-order valence-corrected chi connectivity index (χ4v) is 2.38. The van der Waals surface area contributed by atoms with Crippen LogP contribution in [0.4, 0.5) is 27.9 Å². The van der Waals surface area contributed by atoms with Gasteiger partial charge in [0, 0.05) is 19.8 Å². The van der Waals surface area contributed by atoms with Crippen LogP contribution >= 0.6 is 23.2 Å². The Morgan fingerprint density at radius 2 is 2.04 bits per heavy atom. The van der Waals surface area contributed by atoms with E-state index in [1.165, 1.54) is 18.1 Å². The standard InChI is InChI=1S/C15H18Cl2N6O2/c1-18-13-12(23(5-6-24)15(25)19-2)8-20-14(22-13)21-9-3-4-10(16)11(17)7-9/h3-4,7-8,24H,5-6H2,1-2H3,(H,19,25)(H2,18,20,21,22). The first kappa shape index (κ1) is 19.0. The molecule has 0 aliphatic heterocycles. The van der Waals surface area contributed by atoms with Crippen LogP contribution in [0.15, 0.2) is 24.4 Å². The molecule has 2 rings (SSSR count). The van der Waals surface area contributed by atoms with Crippen molar-refractivity contribution in [2.45, 2.75) is 0 Å². The molecule has 0 unspecified atom stereocenters. The maximum Gasteiger partial charge on any atom is 0.321 e. The highest BCUT2D eigenvalue weighted by molar-refractivity contribution is 6.42. The summed E-state index contributed by atoms with van der Waals surface area (Å²) in [5.41, 5.74) is 1.11. The van der Waals surface area contributed by atoms with E-state index in [2.05, 4.69) is 25.9 Å². The van der Waals surface area contributed by atoms with E-state index >= 15 is 0 Å². The van der Waals surface area contributed by atoms with Gasteiger partial charge in [-0.15, -0.1) is 0 Å². The quantitative estimate of drug-likeness (QED) is 0.610. The Morgan fingerprint density at radius 1 is 1.28 bits per heavy atom. The summed E-state index contributed by atoms with van der Waals surface area (Å²) >= 11 is 11.9. The van der Waals surface area contributed by atoms with Crippen molar-refractivity contribution < 1.29 is 9.90 Å². The van der Waals surface area contributed by atoms with Crippen LogP contribution < -0.4 is 20.9 Å². The zero-order chi connectivity index (χ0) is 18.4. The van der Waals surface area contributed by atoms with Gasteiger partial charge in [0.05, 0.1) is 29.4 Å². The summed E-state index contributed by atoms with van der Waals surface area (Å²) in [4.78, 5) is 21.9. The predicted molar refractivity (Wildman–Crippen MR) is 100 cm³/mol. The van der Waals surface area contributed by atoms with Crippen LogP contribution in [-0.2, 0) is 0 Å². The van der Waals surface area contributed by atoms with E-state index in [-0.39, 0.29) is 19.2 Å². The Bertz CT molecular complexity index is 759. The smallest absolute Gasteiger partial charge is 0.321 e. The van der Waals surface area contributed by atoms with Gasteiger partial charge < -0.3 is 21.1 Å². The largest absolute Gasteiger partial charge is 0.395 e. The van der Waals surface area contributed by atoms with Gasteiger partial charge in [0.1, 0.15) is 5.69 Å². The maximum atomic E-state index is 12.0. The highest BCUT2D eigenvalue weighted by atomic mass is 35.5. The summed E-state index contributed by atoms with van der Waals surface area (Å²) in [6, 6.07) is 4.68. The molecule has 0 spiro atoms. The predicted octanol–water partition coefficient (Wildman–Crippen LogP) is 2.71. The lowest BCUT2D eigenvalue weighted by molar-refractivity contribution is 0.243. The normalized spacial score (nSPS) is 10.3. The Labute approximate surface area is 155 Å². The molecule has 0 saturated carbocycles. The third-order valence-corrected chi connectivity index (χ3v) is 3.99. The van der Waals surface area contributed by atoms with Crippen LogP contribution in [0, 0.1) is 0 Å². The number of carbonyl (C=O) groups is 1. The lowest BCUT2D eigenvalue weighted by Crippen LogP contribution is -2.40. The van der Waals surface area contributed by atoms with Crippen molar-refractivity contribution in [3.63, 3.8) is 0 Å². The lowest BCUT2D eigenvalue weighted by Gasteiger charge is -2.23. The summed E-state index contributed by atoms with van der Waals surface area (Å²) in [5.74, 6) is 0.738. The van der Waals surface area contributed by atoms with Crippen molar-refractivity contribution in [2.75, 3.05) is 42.8 Å². The number of hydrogen-bond donors (Lipinski definition) is 4. The summed E-state index contributed by atoms with van der Waals surface area (Å²) in [7, 11) is 3.18. The first-order valence-corrected chi connectivity index (χ1v) is 8.12. The van der Waals surface area contributed by atoms with Crippen molar-refractivity contribution in [3.05, 3.63) is 34.4 Å². The summed E-state index contributed by atoms with van der Waals surface area (Å²) in [5, 5.41) is 18.5. The molecule has 10 heteroatoms. The van der Waals surface area contributed by atoms with Gasteiger partial charge in [-0.1, -0.05) is 23.2 Å². The summed E-state index contributed by atoms with van der Waals surface area (Å²) < 4.78 is 0. The van der Waals surface area contributed by atoms with Crippen molar-refractivity contribution in [1.29, 1.82) is 0 Å². The minimum absolute atomic E-state index is 0.108. The molecule has 0 aliphatic rings. The number of aromatic nitrogens is 2. The van der Waals surface area contributed by atoms with Crippen LogP contribution in [0.25, 0.3) is 0 Å². The minimum atomic E-state index is -0.376. The minimum Gasteiger partial charge on any atom is -0.395 e. The highest BCUT2D eigenvalue weighted by Gasteiger charge is 2.19. The zero-order valence-electron chi connectivity index (χ0n) is 13.7. The number of amides is 2. The molecule has 2 aromatic rings. The average Bonchev–Trinajstić information content (AvgIpc) is 2.62. The van der Waals surface area contributed by atoms with E-state index in [4.69, 9.17) is 23.2 Å². The number of aliphatic hydroxyl groups excluding tert-OH is 1. The molecular weight excluding hydrogens is 367 g/mol. The molecule has 1 aromatic carbocycles. The van der Waals surface area contributed by atoms with Gasteiger partial charge in [0.15, 0.2) is 5.82 Å². The molecule has 1 heterocycles. The topological polar surface area (TPSA) is 102 Å². The fourth-order valence-electron chi connectivity index (χ4n) is 2.09. The van der Waals surface area contributed by atoms with Crippen molar-refractivity contribution in [3.8, 4) is 0 Å². The molecule has 0 saturated heterocycles. The fraction of sp³-hybridized carbons (Fsp3) is 0.267. The van der Waals surface area contributed by atoms with Gasteiger partial charge in [-0.25, -0.2) is 9.78 Å². The first-order chi connectivity index (χ1) is 12.0. The van der Waals surface area contributed by atoms with Crippen molar-refractivity contribution in [1.82, 2.24) is 15.3 Å². The molecule has 1 aromatic heterocycles. The number of nitrogens with zero attached hydrogens (tertiary/aromatic N) is 3. The monoisotopic (exact) mass is 384 g/mol. The molecule has 0 bridgehead atoms. The first-order valence-electron chi connectivity index (χ1n) is 7.37.